The molecule has 2 N–H and O–H groups in total. The van der Waals surface area contributed by atoms with E-state index in [0.29, 0.717) is 40.0 Å². The van der Waals surface area contributed by atoms with Crippen LogP contribution in [0.3, 0.4) is 0 Å². The maximum Gasteiger partial charge on any atom is 0.350 e. The Kier molecular flexibility index (Phi) is 8.54. The van der Waals surface area contributed by atoms with Crippen LogP contribution in [0.15, 0.2) is 54.6 Å². The van der Waals surface area contributed by atoms with Gasteiger partial charge in [0.2, 0.25) is 5.91 Å². The van der Waals surface area contributed by atoms with Gasteiger partial charge >= 0.3 is 5.97 Å². The standard InChI is InChI=1S/C24H25N3O5S/c1-3-32-23(30)21-20(16-8-5-4-6-9-16)27-24(33-21)26-19(28)10-7-15-25-22(29)17-11-13-18(31-2)14-12-17/h4-6,8-9,11-14H,3,7,10,15H2,1-2H3,(H,25,29)(H,26,27,28). The molecule has 33 heavy (non-hydrogen) atoms. The molecule has 0 saturated heterocycles. The number of nitrogens with zero attached hydrogens (tertiary/aromatic N) is 1. The van der Waals surface area contributed by atoms with Crippen LogP contribution >= 0.6 is 11.3 Å². The lowest BCUT2D eigenvalue weighted by Gasteiger charge is -2.06. The number of aromatic nitrogens is 1. The Labute approximate surface area is 196 Å². The Morgan fingerprint density at radius 2 is 1.76 bits per heavy atom. The van der Waals surface area contributed by atoms with E-state index in [1.165, 1.54) is 0 Å². The van der Waals surface area contributed by atoms with Gasteiger partial charge in [-0.15, -0.1) is 0 Å². The number of methoxy groups -OCH3 is 1. The molecule has 9 heteroatoms. The predicted octanol–water partition coefficient (Wildman–Crippen LogP) is 4.14. The summed E-state index contributed by atoms with van der Waals surface area (Å²) in [5.41, 5.74) is 1.75. The number of nitrogens with one attached hydrogen (secondary N) is 2. The fraction of sp³-hybridized carbons (Fsp3) is 0.250. The van der Waals surface area contributed by atoms with Gasteiger partial charge in [0, 0.05) is 24.1 Å². The lowest BCUT2D eigenvalue weighted by molar-refractivity contribution is -0.116. The second-order valence-electron chi connectivity index (χ2n) is 6.92. The first-order chi connectivity index (χ1) is 16.0. The third-order valence-electron chi connectivity index (χ3n) is 4.60. The largest absolute Gasteiger partial charge is 0.497 e. The molecule has 3 aromatic rings. The van der Waals surface area contributed by atoms with Gasteiger partial charge < -0.3 is 20.1 Å². The molecule has 0 aliphatic heterocycles. The van der Waals surface area contributed by atoms with Gasteiger partial charge in [0.1, 0.15) is 10.6 Å². The van der Waals surface area contributed by atoms with Crippen molar-refractivity contribution in [3.05, 3.63) is 65.0 Å². The number of hydrogen-bond donors (Lipinski definition) is 2. The van der Waals surface area contributed by atoms with Crippen molar-refractivity contribution in [2.24, 2.45) is 0 Å². The fourth-order valence-electron chi connectivity index (χ4n) is 2.98. The van der Waals surface area contributed by atoms with Crippen LogP contribution in [0, 0.1) is 0 Å². The highest BCUT2D eigenvalue weighted by atomic mass is 32.1. The maximum atomic E-state index is 12.4. The lowest BCUT2D eigenvalue weighted by atomic mass is 10.1. The van der Waals surface area contributed by atoms with Gasteiger partial charge in [0.15, 0.2) is 5.13 Å². The first-order valence-corrected chi connectivity index (χ1v) is 11.3. The van der Waals surface area contributed by atoms with Crippen LogP contribution < -0.4 is 15.4 Å². The number of carbonyl (C=O) groups excluding carboxylic acids is 3. The third kappa shape index (κ3) is 6.63. The van der Waals surface area contributed by atoms with Crippen molar-refractivity contribution in [1.82, 2.24) is 10.3 Å². The molecule has 2 amide bonds. The van der Waals surface area contributed by atoms with Gasteiger partial charge in [0.05, 0.1) is 19.4 Å². The minimum atomic E-state index is -0.476. The number of amides is 2. The molecule has 2 aromatic carbocycles. The molecule has 1 aromatic heterocycles. The van der Waals surface area contributed by atoms with E-state index in [0.717, 1.165) is 16.9 Å². The van der Waals surface area contributed by atoms with Crippen LogP contribution in [-0.4, -0.2) is 43.0 Å². The van der Waals surface area contributed by atoms with Crippen molar-refractivity contribution in [3.63, 3.8) is 0 Å². The van der Waals surface area contributed by atoms with Crippen molar-refractivity contribution in [2.75, 3.05) is 25.6 Å². The highest BCUT2D eigenvalue weighted by Gasteiger charge is 2.21. The highest BCUT2D eigenvalue weighted by molar-refractivity contribution is 7.18. The Balaban J connectivity index is 1.54. The zero-order valence-corrected chi connectivity index (χ0v) is 19.2. The Morgan fingerprint density at radius 1 is 1.03 bits per heavy atom. The van der Waals surface area contributed by atoms with E-state index in [2.05, 4.69) is 15.6 Å². The Morgan fingerprint density at radius 3 is 2.42 bits per heavy atom. The van der Waals surface area contributed by atoms with Gasteiger partial charge in [-0.25, -0.2) is 9.78 Å². The number of carbonyl (C=O) groups is 3. The molecule has 0 spiro atoms. The molecule has 0 saturated carbocycles. The van der Waals surface area contributed by atoms with Crippen LogP contribution in [-0.2, 0) is 9.53 Å². The van der Waals surface area contributed by atoms with E-state index < -0.39 is 5.97 Å². The Bertz CT molecular complexity index is 1100. The summed E-state index contributed by atoms with van der Waals surface area (Å²) in [6, 6.07) is 16.0. The zero-order valence-electron chi connectivity index (χ0n) is 18.4. The van der Waals surface area contributed by atoms with Crippen LogP contribution in [0.1, 0.15) is 39.8 Å². The SMILES string of the molecule is CCOC(=O)c1sc(NC(=O)CCCNC(=O)c2ccc(OC)cc2)nc1-c1ccccc1. The summed E-state index contributed by atoms with van der Waals surface area (Å²) < 4.78 is 10.2. The number of anilines is 1. The quantitative estimate of drug-likeness (QED) is 0.343. The molecular weight excluding hydrogens is 442 g/mol. The summed E-state index contributed by atoms with van der Waals surface area (Å²) in [6.07, 6.45) is 0.646. The first kappa shape index (κ1) is 23.9. The predicted molar refractivity (Wildman–Crippen MR) is 127 cm³/mol. The molecule has 0 unspecified atom stereocenters. The summed E-state index contributed by atoms with van der Waals surface area (Å²) in [7, 11) is 1.56. The molecule has 172 valence electrons. The summed E-state index contributed by atoms with van der Waals surface area (Å²) in [5.74, 6) is -0.274. The number of hydrogen-bond acceptors (Lipinski definition) is 7. The molecule has 0 aliphatic rings. The van der Waals surface area contributed by atoms with Crippen molar-refractivity contribution in [3.8, 4) is 17.0 Å². The summed E-state index contributed by atoms with van der Waals surface area (Å²) in [6.45, 7) is 2.33. The van der Waals surface area contributed by atoms with Gasteiger partial charge in [0.25, 0.3) is 5.91 Å². The highest BCUT2D eigenvalue weighted by Crippen LogP contribution is 2.31. The van der Waals surface area contributed by atoms with Gasteiger partial charge in [-0.3, -0.25) is 9.59 Å². The average Bonchev–Trinajstić information content (AvgIpc) is 3.26. The van der Waals surface area contributed by atoms with E-state index >= 15 is 0 Å². The van der Waals surface area contributed by atoms with Gasteiger partial charge in [-0.05, 0) is 37.6 Å². The smallest absolute Gasteiger partial charge is 0.350 e. The van der Waals surface area contributed by atoms with Crippen molar-refractivity contribution >= 4 is 34.3 Å². The van der Waals surface area contributed by atoms with Crippen molar-refractivity contribution in [2.45, 2.75) is 19.8 Å². The molecular formula is C24H25N3O5S. The van der Waals surface area contributed by atoms with Crippen LogP contribution in [0.5, 0.6) is 5.75 Å². The average molecular weight is 468 g/mol. The van der Waals surface area contributed by atoms with Crippen molar-refractivity contribution < 1.29 is 23.9 Å². The van der Waals surface area contributed by atoms with E-state index in [4.69, 9.17) is 9.47 Å². The fourth-order valence-corrected chi connectivity index (χ4v) is 3.87. The summed E-state index contributed by atoms with van der Waals surface area (Å²) in [4.78, 5) is 41.7. The van der Waals surface area contributed by atoms with E-state index in [1.807, 2.05) is 30.3 Å². The topological polar surface area (TPSA) is 107 Å². The first-order valence-electron chi connectivity index (χ1n) is 10.5. The monoisotopic (exact) mass is 467 g/mol. The normalized spacial score (nSPS) is 10.4. The molecule has 1 heterocycles. The third-order valence-corrected chi connectivity index (χ3v) is 5.55. The van der Waals surface area contributed by atoms with Gasteiger partial charge in [-0.2, -0.15) is 0 Å². The van der Waals surface area contributed by atoms with Crippen LogP contribution in [0.4, 0.5) is 5.13 Å². The number of rotatable bonds is 10. The van der Waals surface area contributed by atoms with Crippen molar-refractivity contribution in [1.29, 1.82) is 0 Å². The Hall–Kier alpha value is -3.72. The van der Waals surface area contributed by atoms with Crippen LogP contribution in [0.25, 0.3) is 11.3 Å². The van der Waals surface area contributed by atoms with Crippen LogP contribution in [0.2, 0.25) is 0 Å². The molecule has 0 atom stereocenters. The molecule has 0 aliphatic carbocycles. The summed E-state index contributed by atoms with van der Waals surface area (Å²) >= 11 is 1.08. The second-order valence-corrected chi connectivity index (χ2v) is 7.92. The lowest BCUT2D eigenvalue weighted by Crippen LogP contribution is -2.25. The molecule has 0 radical (unpaired) electrons. The van der Waals surface area contributed by atoms with Gasteiger partial charge in [-0.1, -0.05) is 41.7 Å². The molecule has 8 nitrogen and oxygen atoms in total. The minimum Gasteiger partial charge on any atom is -0.497 e. The number of thiazole rings is 1. The van der Waals surface area contributed by atoms with E-state index in [9.17, 15) is 14.4 Å². The number of esters is 1. The molecule has 0 fully saturated rings. The number of ether oxygens (including phenoxy) is 2. The van der Waals surface area contributed by atoms with E-state index in [-0.39, 0.29) is 24.8 Å². The minimum absolute atomic E-state index is 0.192. The second kappa shape index (κ2) is 11.8. The summed E-state index contributed by atoms with van der Waals surface area (Å²) in [5, 5.41) is 5.84. The zero-order chi connectivity index (χ0) is 23.6. The molecule has 3 rings (SSSR count). The van der Waals surface area contributed by atoms with E-state index in [1.54, 1.807) is 38.3 Å². The maximum absolute atomic E-state index is 12.4. The molecule has 0 bridgehead atoms. The number of benzene rings is 2.